The quantitative estimate of drug-likeness (QED) is 0.213. The molecular weight excluding hydrogens is 276 g/mol. The molecule has 23 heavy (non-hydrogen) atoms. The maximum atomic E-state index is 3.92. The maximum Gasteiger partial charge on any atom is 0.00886 e. The van der Waals surface area contributed by atoms with Crippen LogP contribution < -0.4 is 0 Å². The van der Waals surface area contributed by atoms with Crippen LogP contribution in [0.4, 0.5) is 0 Å². The van der Waals surface area contributed by atoms with Crippen LogP contribution in [0.25, 0.3) is 0 Å². The summed E-state index contributed by atoms with van der Waals surface area (Å²) in [5, 5.41) is 0. The lowest BCUT2D eigenvalue weighted by molar-refractivity contribution is 0.289. The minimum atomic E-state index is 0.887. The molecule has 0 aromatic rings. The van der Waals surface area contributed by atoms with Gasteiger partial charge in [0.05, 0.1) is 0 Å². The molecule has 0 heteroatoms. The summed E-state index contributed by atoms with van der Waals surface area (Å²) in [5.74, 6) is 8.42. The second-order valence-corrected chi connectivity index (χ2v) is 7.11. The average molecular weight is 319 g/mol. The third-order valence-corrected chi connectivity index (χ3v) is 5.08. The zero-order valence-electron chi connectivity index (χ0n) is 16.2. The molecule has 0 fully saturated rings. The summed E-state index contributed by atoms with van der Waals surface area (Å²) < 4.78 is 0. The monoisotopic (exact) mass is 318 g/mol. The largest absolute Gasteiger partial charge is 0.103 e. The number of hydrogen-bond acceptors (Lipinski definition) is 0. The summed E-state index contributed by atoms with van der Waals surface area (Å²) in [6, 6.07) is 0. The van der Waals surface area contributed by atoms with E-state index in [2.05, 4.69) is 39.5 Å². The summed E-state index contributed by atoms with van der Waals surface area (Å²) >= 11 is 0. The Bertz CT molecular complexity index is 280. The van der Waals surface area contributed by atoms with Crippen LogP contribution >= 0.6 is 0 Å². The van der Waals surface area contributed by atoms with Crippen molar-refractivity contribution in [1.29, 1.82) is 0 Å². The van der Waals surface area contributed by atoms with E-state index in [1.54, 1.807) is 0 Å². The third-order valence-electron chi connectivity index (χ3n) is 5.08. The molecule has 0 nitrogen and oxygen atoms in total. The first kappa shape index (κ1) is 22.6. The Morgan fingerprint density at radius 3 is 1.83 bits per heavy atom. The Morgan fingerprint density at radius 2 is 1.22 bits per heavy atom. The van der Waals surface area contributed by atoms with Crippen LogP contribution in [0.2, 0.25) is 0 Å². The number of rotatable bonds is 15. The molecule has 0 aliphatic rings. The second kappa shape index (κ2) is 17.9. The molecule has 0 heterocycles. The molecule has 0 bridgehead atoms. The van der Waals surface area contributed by atoms with Crippen molar-refractivity contribution in [3.8, 4) is 11.8 Å². The summed E-state index contributed by atoms with van der Waals surface area (Å²) in [6.45, 7) is 12.6. The van der Waals surface area contributed by atoms with Crippen molar-refractivity contribution in [1.82, 2.24) is 0 Å². The normalized spacial score (nSPS) is 13.4. The van der Waals surface area contributed by atoms with Crippen molar-refractivity contribution in [2.24, 2.45) is 11.8 Å². The lowest BCUT2D eigenvalue weighted by atomic mass is 9.83. The van der Waals surface area contributed by atoms with Gasteiger partial charge in [-0.2, -0.15) is 0 Å². The average Bonchev–Trinajstić information content (AvgIpc) is 2.57. The molecule has 0 saturated carbocycles. The summed E-state index contributed by atoms with van der Waals surface area (Å²) in [6.07, 6.45) is 19.2. The number of hydrogen-bond donors (Lipinski definition) is 0. The van der Waals surface area contributed by atoms with E-state index in [0.717, 1.165) is 43.9 Å². The van der Waals surface area contributed by atoms with Gasteiger partial charge in [0.15, 0.2) is 0 Å². The fourth-order valence-electron chi connectivity index (χ4n) is 3.17. The smallest absolute Gasteiger partial charge is 0.00886 e. The predicted octanol–water partition coefficient (Wildman–Crippen LogP) is 7.78. The molecule has 0 amide bonds. The highest BCUT2D eigenvalue weighted by Gasteiger charge is 2.14. The standard InChI is InChI=1S/C23H42/c1-5-8-10-12-14-15-17-19-21-23(22(4)7-3)20-18-16-13-11-9-6-2/h22-23H,1-2,5-11,13,15-21H2,3-4H3. The van der Waals surface area contributed by atoms with Gasteiger partial charge in [-0.1, -0.05) is 98.3 Å². The van der Waals surface area contributed by atoms with Crippen LogP contribution in [0.3, 0.4) is 0 Å². The molecule has 0 rings (SSSR count). The van der Waals surface area contributed by atoms with Crippen molar-refractivity contribution in [2.45, 2.75) is 110 Å². The van der Waals surface area contributed by atoms with Crippen LogP contribution in [0.15, 0.2) is 0 Å². The first-order chi connectivity index (χ1) is 11.3. The molecule has 0 aliphatic heterocycles. The molecule has 0 aromatic carbocycles. The molecule has 2 atom stereocenters. The van der Waals surface area contributed by atoms with Crippen LogP contribution in [0.1, 0.15) is 110 Å². The van der Waals surface area contributed by atoms with E-state index in [0.29, 0.717) is 0 Å². The van der Waals surface area contributed by atoms with E-state index in [4.69, 9.17) is 0 Å². The predicted molar refractivity (Wildman–Crippen MR) is 106 cm³/mol. The van der Waals surface area contributed by atoms with Crippen LogP contribution in [0.5, 0.6) is 0 Å². The minimum absolute atomic E-state index is 0.887. The molecule has 0 aliphatic carbocycles. The van der Waals surface area contributed by atoms with Gasteiger partial charge in [0.25, 0.3) is 0 Å². The van der Waals surface area contributed by atoms with Gasteiger partial charge in [-0.15, -0.1) is 11.8 Å². The molecule has 0 spiro atoms. The lowest BCUT2D eigenvalue weighted by Crippen LogP contribution is -2.11. The fourth-order valence-corrected chi connectivity index (χ4v) is 3.17. The van der Waals surface area contributed by atoms with Gasteiger partial charge in [0, 0.05) is 12.8 Å². The summed E-state index contributed by atoms with van der Waals surface area (Å²) in [4.78, 5) is 0. The van der Waals surface area contributed by atoms with Gasteiger partial charge in [0.2, 0.25) is 0 Å². The highest BCUT2D eigenvalue weighted by atomic mass is 14.2. The first-order valence-electron chi connectivity index (χ1n) is 10.3. The summed E-state index contributed by atoms with van der Waals surface area (Å²) in [7, 11) is 0. The van der Waals surface area contributed by atoms with Crippen molar-refractivity contribution in [3.05, 3.63) is 13.8 Å². The zero-order valence-corrected chi connectivity index (χ0v) is 16.2. The number of unbranched alkanes of at least 4 members (excludes halogenated alkanes) is 9. The van der Waals surface area contributed by atoms with Crippen molar-refractivity contribution in [2.75, 3.05) is 0 Å². The Hall–Kier alpha value is -0.440. The van der Waals surface area contributed by atoms with E-state index >= 15 is 0 Å². The lowest BCUT2D eigenvalue weighted by Gasteiger charge is -2.23. The molecule has 0 saturated heterocycles. The van der Waals surface area contributed by atoms with Gasteiger partial charge < -0.3 is 0 Å². The minimum Gasteiger partial charge on any atom is -0.103 e. The van der Waals surface area contributed by atoms with Crippen LogP contribution in [-0.4, -0.2) is 0 Å². The molecular formula is C23H42. The highest BCUT2D eigenvalue weighted by Crippen LogP contribution is 2.27. The van der Waals surface area contributed by atoms with E-state index in [1.807, 2.05) is 0 Å². The van der Waals surface area contributed by atoms with Gasteiger partial charge in [-0.3, -0.25) is 0 Å². The van der Waals surface area contributed by atoms with Crippen molar-refractivity contribution >= 4 is 0 Å². The molecule has 2 radical (unpaired) electrons. The Labute approximate surface area is 148 Å². The third kappa shape index (κ3) is 14.9. The van der Waals surface area contributed by atoms with Gasteiger partial charge >= 0.3 is 0 Å². The summed E-state index contributed by atoms with van der Waals surface area (Å²) in [5.41, 5.74) is 0. The first-order valence-corrected chi connectivity index (χ1v) is 10.3. The molecule has 0 N–H and O–H groups in total. The Kier molecular flexibility index (Phi) is 17.6. The zero-order chi connectivity index (χ0) is 17.2. The van der Waals surface area contributed by atoms with E-state index in [9.17, 15) is 0 Å². The van der Waals surface area contributed by atoms with Crippen molar-refractivity contribution < 1.29 is 0 Å². The molecule has 0 aromatic heterocycles. The van der Waals surface area contributed by atoms with Crippen LogP contribution in [-0.2, 0) is 0 Å². The SMILES string of the molecule is [CH2]CCCC#CCCCCC(CCCCCCC[CH2])C(C)CC. The topological polar surface area (TPSA) is 0 Å². The Balaban J connectivity index is 3.76. The molecule has 2 unspecified atom stereocenters. The molecule has 134 valence electrons. The maximum absolute atomic E-state index is 3.92. The van der Waals surface area contributed by atoms with Gasteiger partial charge in [-0.05, 0) is 24.7 Å². The van der Waals surface area contributed by atoms with Crippen molar-refractivity contribution in [3.63, 3.8) is 0 Å². The van der Waals surface area contributed by atoms with Gasteiger partial charge in [-0.25, -0.2) is 0 Å². The van der Waals surface area contributed by atoms with Crippen LogP contribution in [0, 0.1) is 37.5 Å². The van der Waals surface area contributed by atoms with E-state index < -0.39 is 0 Å². The Morgan fingerprint density at radius 1 is 0.696 bits per heavy atom. The van der Waals surface area contributed by atoms with E-state index in [-0.39, 0.29) is 0 Å². The fraction of sp³-hybridized carbons (Fsp3) is 0.826. The highest BCUT2D eigenvalue weighted by molar-refractivity contribution is 4.98. The van der Waals surface area contributed by atoms with E-state index in [1.165, 1.54) is 64.2 Å². The van der Waals surface area contributed by atoms with Gasteiger partial charge in [0.1, 0.15) is 0 Å². The second-order valence-electron chi connectivity index (χ2n) is 7.11.